The monoisotopic (exact) mass is 287 g/mol. The Hall–Kier alpha value is -2.51. The summed E-state index contributed by atoms with van der Waals surface area (Å²) >= 11 is 6.04. The van der Waals surface area contributed by atoms with E-state index in [-0.39, 0.29) is 0 Å². The van der Waals surface area contributed by atoms with Crippen LogP contribution in [0.1, 0.15) is 15.9 Å². The first-order chi connectivity index (χ1) is 9.67. The molecule has 0 heterocycles. The fourth-order valence-corrected chi connectivity index (χ4v) is 1.84. The van der Waals surface area contributed by atoms with E-state index in [4.69, 9.17) is 26.3 Å². The topological polar surface area (TPSA) is 59.3 Å². The van der Waals surface area contributed by atoms with Crippen molar-refractivity contribution in [1.82, 2.24) is 0 Å². The number of halogens is 1. The highest BCUT2D eigenvalue weighted by Crippen LogP contribution is 2.35. The van der Waals surface area contributed by atoms with E-state index in [0.29, 0.717) is 39.7 Å². The lowest BCUT2D eigenvalue weighted by Crippen LogP contribution is -1.92. The highest BCUT2D eigenvalue weighted by atomic mass is 35.5. The highest BCUT2D eigenvalue weighted by Gasteiger charge is 2.10. The van der Waals surface area contributed by atoms with Crippen molar-refractivity contribution in [2.75, 3.05) is 7.11 Å². The van der Waals surface area contributed by atoms with E-state index in [1.165, 1.54) is 13.2 Å². The maximum atomic E-state index is 10.6. The maximum Gasteiger partial charge on any atom is 0.169 e. The van der Waals surface area contributed by atoms with Crippen LogP contribution < -0.4 is 9.47 Å². The Balaban J connectivity index is 2.35. The predicted octanol–water partition coefficient (Wildman–Crippen LogP) is 3.83. The number of nitrogens with zero attached hydrogens (tertiary/aromatic N) is 1. The minimum absolute atomic E-state index is 0.320. The molecule has 0 amide bonds. The summed E-state index contributed by atoms with van der Waals surface area (Å²) in [4.78, 5) is 10.6. The second kappa shape index (κ2) is 6.09. The second-order valence-electron chi connectivity index (χ2n) is 3.89. The maximum absolute atomic E-state index is 10.6. The Labute approximate surface area is 121 Å². The van der Waals surface area contributed by atoms with Crippen molar-refractivity contribution in [3.63, 3.8) is 0 Å². The van der Waals surface area contributed by atoms with Crippen LogP contribution in [-0.4, -0.2) is 13.4 Å². The van der Waals surface area contributed by atoms with E-state index in [0.717, 1.165) is 0 Å². The molecule has 0 N–H and O–H groups in total. The predicted molar refractivity (Wildman–Crippen MR) is 74.6 cm³/mol. The third-order valence-corrected chi connectivity index (χ3v) is 2.90. The zero-order chi connectivity index (χ0) is 14.5. The summed E-state index contributed by atoms with van der Waals surface area (Å²) in [5.41, 5.74) is 0.936. The van der Waals surface area contributed by atoms with Gasteiger partial charge in [0, 0.05) is 11.6 Å². The molecule has 0 atom stereocenters. The Kier molecular flexibility index (Phi) is 4.24. The number of hydrogen-bond acceptors (Lipinski definition) is 4. The van der Waals surface area contributed by atoms with Gasteiger partial charge in [-0.25, -0.2) is 0 Å². The van der Waals surface area contributed by atoms with E-state index in [1.807, 2.05) is 6.07 Å². The van der Waals surface area contributed by atoms with Crippen LogP contribution in [0.2, 0.25) is 5.02 Å². The summed E-state index contributed by atoms with van der Waals surface area (Å²) in [6, 6.07) is 11.6. The Morgan fingerprint density at radius 3 is 2.50 bits per heavy atom. The van der Waals surface area contributed by atoms with E-state index in [9.17, 15) is 4.79 Å². The molecule has 5 heteroatoms. The van der Waals surface area contributed by atoms with E-state index >= 15 is 0 Å². The van der Waals surface area contributed by atoms with Crippen LogP contribution in [0.5, 0.6) is 17.2 Å². The lowest BCUT2D eigenvalue weighted by atomic mass is 10.2. The number of rotatable bonds is 4. The van der Waals surface area contributed by atoms with Gasteiger partial charge in [-0.1, -0.05) is 11.6 Å². The molecule has 0 radical (unpaired) electrons. The van der Waals surface area contributed by atoms with Gasteiger partial charge in [0.2, 0.25) is 0 Å². The van der Waals surface area contributed by atoms with Crippen LogP contribution in [0.25, 0.3) is 0 Å². The minimum atomic E-state index is 0.320. The number of ether oxygens (including phenoxy) is 2. The second-order valence-corrected chi connectivity index (χ2v) is 4.29. The normalized spacial score (nSPS) is 9.65. The molecule has 2 aromatic rings. The molecular formula is C15H10ClNO3. The van der Waals surface area contributed by atoms with E-state index in [1.54, 1.807) is 30.3 Å². The van der Waals surface area contributed by atoms with Crippen LogP contribution in [0, 0.1) is 11.3 Å². The standard InChI is InChI=1S/C15H10ClNO3/c1-19-15-7-10(8-17)2-5-14(15)20-13-4-3-11(9-18)6-12(13)16/h2-7,9H,1H3. The molecule has 0 bridgehead atoms. The highest BCUT2D eigenvalue weighted by molar-refractivity contribution is 6.32. The quantitative estimate of drug-likeness (QED) is 0.802. The van der Waals surface area contributed by atoms with Gasteiger partial charge < -0.3 is 9.47 Å². The largest absolute Gasteiger partial charge is 0.493 e. The fourth-order valence-electron chi connectivity index (χ4n) is 1.61. The number of hydrogen-bond donors (Lipinski definition) is 0. The van der Waals surface area contributed by atoms with Crippen LogP contribution in [0.3, 0.4) is 0 Å². The molecule has 20 heavy (non-hydrogen) atoms. The van der Waals surface area contributed by atoms with E-state index < -0.39 is 0 Å². The average molecular weight is 288 g/mol. The number of aldehydes is 1. The molecule has 2 aromatic carbocycles. The van der Waals surface area contributed by atoms with Crippen molar-refractivity contribution in [3.8, 4) is 23.3 Å². The SMILES string of the molecule is COc1cc(C#N)ccc1Oc1ccc(C=O)cc1Cl. The van der Waals surface area contributed by atoms with Crippen LogP contribution in [0.15, 0.2) is 36.4 Å². The van der Waals surface area contributed by atoms with Crippen molar-refractivity contribution < 1.29 is 14.3 Å². The number of benzene rings is 2. The third-order valence-electron chi connectivity index (χ3n) is 2.60. The number of nitriles is 1. The molecule has 0 aliphatic heterocycles. The molecule has 0 saturated carbocycles. The summed E-state index contributed by atoms with van der Waals surface area (Å²) in [6.45, 7) is 0. The molecule has 0 unspecified atom stereocenters. The number of carbonyl (C=O) groups excluding carboxylic acids is 1. The van der Waals surface area contributed by atoms with Gasteiger partial charge in [-0.2, -0.15) is 5.26 Å². The first-order valence-corrected chi connectivity index (χ1v) is 6.06. The summed E-state index contributed by atoms with van der Waals surface area (Å²) in [7, 11) is 1.49. The average Bonchev–Trinajstić information content (AvgIpc) is 2.49. The number of methoxy groups -OCH3 is 1. The molecule has 2 rings (SSSR count). The molecule has 100 valence electrons. The van der Waals surface area contributed by atoms with Gasteiger partial charge >= 0.3 is 0 Å². The Morgan fingerprint density at radius 2 is 1.90 bits per heavy atom. The van der Waals surface area contributed by atoms with Gasteiger partial charge in [0.1, 0.15) is 12.0 Å². The van der Waals surface area contributed by atoms with Crippen molar-refractivity contribution >= 4 is 17.9 Å². The van der Waals surface area contributed by atoms with Gasteiger partial charge in [-0.3, -0.25) is 4.79 Å². The lowest BCUT2D eigenvalue weighted by molar-refractivity contribution is 0.112. The molecule has 0 aliphatic carbocycles. The van der Waals surface area contributed by atoms with Crippen molar-refractivity contribution in [2.24, 2.45) is 0 Å². The molecular weight excluding hydrogens is 278 g/mol. The molecule has 0 saturated heterocycles. The Bertz CT molecular complexity index is 692. The van der Waals surface area contributed by atoms with Gasteiger partial charge in [-0.15, -0.1) is 0 Å². The van der Waals surface area contributed by atoms with Crippen molar-refractivity contribution in [3.05, 3.63) is 52.5 Å². The summed E-state index contributed by atoms with van der Waals surface area (Å²) in [5, 5.41) is 9.16. The zero-order valence-electron chi connectivity index (χ0n) is 10.6. The molecule has 0 spiro atoms. The van der Waals surface area contributed by atoms with Gasteiger partial charge in [0.05, 0.1) is 23.8 Å². The molecule has 0 aliphatic rings. The summed E-state index contributed by atoms with van der Waals surface area (Å²) < 4.78 is 10.8. The molecule has 0 fully saturated rings. The van der Waals surface area contributed by atoms with Crippen LogP contribution in [-0.2, 0) is 0 Å². The van der Waals surface area contributed by atoms with Crippen molar-refractivity contribution in [1.29, 1.82) is 5.26 Å². The van der Waals surface area contributed by atoms with E-state index in [2.05, 4.69) is 0 Å². The summed E-state index contributed by atoms with van der Waals surface area (Å²) in [6.07, 6.45) is 0.706. The smallest absolute Gasteiger partial charge is 0.169 e. The first kappa shape index (κ1) is 13.9. The fraction of sp³-hybridized carbons (Fsp3) is 0.0667. The van der Waals surface area contributed by atoms with Gasteiger partial charge in [0.15, 0.2) is 11.5 Å². The minimum Gasteiger partial charge on any atom is -0.493 e. The lowest BCUT2D eigenvalue weighted by Gasteiger charge is -2.11. The third kappa shape index (κ3) is 2.90. The molecule has 0 aromatic heterocycles. The van der Waals surface area contributed by atoms with Crippen molar-refractivity contribution in [2.45, 2.75) is 0 Å². The number of carbonyl (C=O) groups is 1. The summed E-state index contributed by atoms with van der Waals surface area (Å²) in [5.74, 6) is 1.27. The van der Waals surface area contributed by atoms with Gasteiger partial charge in [-0.05, 0) is 30.3 Å². The first-order valence-electron chi connectivity index (χ1n) is 5.68. The van der Waals surface area contributed by atoms with Crippen LogP contribution >= 0.6 is 11.6 Å². The Morgan fingerprint density at radius 1 is 1.15 bits per heavy atom. The van der Waals surface area contributed by atoms with Crippen LogP contribution in [0.4, 0.5) is 0 Å². The zero-order valence-corrected chi connectivity index (χ0v) is 11.3. The van der Waals surface area contributed by atoms with Gasteiger partial charge in [0.25, 0.3) is 0 Å². The molecule has 4 nitrogen and oxygen atoms in total.